The molecule has 4 atom stereocenters. The zero-order valence-electron chi connectivity index (χ0n) is 13.3. The van der Waals surface area contributed by atoms with E-state index < -0.39 is 10.1 Å². The Morgan fingerprint density at radius 2 is 1.96 bits per heavy atom. The van der Waals surface area contributed by atoms with Gasteiger partial charge in [-0.2, -0.15) is 8.42 Å². The Bertz CT molecular complexity index is 782. The zero-order valence-corrected chi connectivity index (χ0v) is 14.1. The fourth-order valence-electron chi connectivity index (χ4n) is 5.49. The van der Waals surface area contributed by atoms with E-state index in [9.17, 15) is 17.8 Å². The van der Waals surface area contributed by atoms with E-state index in [1.165, 1.54) is 11.6 Å². The summed E-state index contributed by atoms with van der Waals surface area (Å²) in [6.07, 6.45) is 5.52. The van der Waals surface area contributed by atoms with E-state index in [1.54, 1.807) is 6.07 Å². The number of fused-ring (bicyclic) bond motifs is 5. The molecule has 3 aliphatic carbocycles. The van der Waals surface area contributed by atoms with Gasteiger partial charge in [0.25, 0.3) is 10.1 Å². The summed E-state index contributed by atoms with van der Waals surface area (Å²) in [7, 11) is -4.14. The molecular weight excluding hydrogens is 312 g/mol. The van der Waals surface area contributed by atoms with Crippen molar-refractivity contribution in [1.82, 2.24) is 0 Å². The number of Topliss-reactive ketones (excluding diaryl/α,β-unsaturated/α-hetero) is 1. The van der Waals surface area contributed by atoms with Crippen molar-refractivity contribution < 1.29 is 17.8 Å². The number of hydrogen-bond acceptors (Lipinski definition) is 3. The molecule has 1 aromatic rings. The highest BCUT2D eigenvalue weighted by molar-refractivity contribution is 7.85. The second kappa shape index (κ2) is 4.90. The van der Waals surface area contributed by atoms with Crippen LogP contribution >= 0.6 is 0 Å². The fraction of sp³-hybridized carbons (Fsp3) is 0.611. The molecule has 0 bridgehead atoms. The van der Waals surface area contributed by atoms with Crippen molar-refractivity contribution >= 4 is 15.9 Å². The molecular formula is C18H22O4S. The molecule has 23 heavy (non-hydrogen) atoms. The predicted molar refractivity (Wildman–Crippen MR) is 85.9 cm³/mol. The Balaban J connectivity index is 1.72. The molecule has 124 valence electrons. The minimum atomic E-state index is -4.14. The van der Waals surface area contributed by atoms with Crippen molar-refractivity contribution in [1.29, 1.82) is 0 Å². The fourth-order valence-corrected chi connectivity index (χ4v) is 6.02. The maximum absolute atomic E-state index is 12.3. The molecule has 0 aliphatic heterocycles. The minimum Gasteiger partial charge on any atom is -0.299 e. The van der Waals surface area contributed by atoms with Crippen LogP contribution < -0.4 is 0 Å². The van der Waals surface area contributed by atoms with E-state index in [0.29, 0.717) is 23.5 Å². The lowest BCUT2D eigenvalue weighted by Gasteiger charge is -2.48. The lowest BCUT2D eigenvalue weighted by atomic mass is 9.55. The van der Waals surface area contributed by atoms with Gasteiger partial charge in [0.1, 0.15) is 5.78 Å². The summed E-state index contributed by atoms with van der Waals surface area (Å²) < 4.78 is 31.9. The summed E-state index contributed by atoms with van der Waals surface area (Å²) in [4.78, 5) is 12.3. The van der Waals surface area contributed by atoms with Crippen LogP contribution in [0.3, 0.4) is 0 Å². The first-order valence-corrected chi connectivity index (χ1v) is 9.88. The number of aryl methyl sites for hydroxylation is 1. The van der Waals surface area contributed by atoms with Gasteiger partial charge in [-0.1, -0.05) is 13.0 Å². The molecule has 3 unspecified atom stereocenters. The van der Waals surface area contributed by atoms with Crippen molar-refractivity contribution in [3.05, 3.63) is 29.3 Å². The number of ketones is 1. The number of hydrogen-bond donors (Lipinski definition) is 1. The van der Waals surface area contributed by atoms with Gasteiger partial charge in [0.05, 0.1) is 4.90 Å². The third-order valence-corrected chi connectivity index (χ3v) is 7.55. The van der Waals surface area contributed by atoms with E-state index in [1.807, 2.05) is 6.07 Å². The van der Waals surface area contributed by atoms with Gasteiger partial charge in [0, 0.05) is 11.8 Å². The molecule has 0 amide bonds. The second-order valence-electron chi connectivity index (χ2n) is 7.67. The zero-order chi connectivity index (χ0) is 16.4. The summed E-state index contributed by atoms with van der Waals surface area (Å²) in [5, 5.41) is 0. The van der Waals surface area contributed by atoms with Crippen LogP contribution in [-0.2, 0) is 21.3 Å². The van der Waals surface area contributed by atoms with Crippen molar-refractivity contribution in [3.63, 3.8) is 0 Å². The second-order valence-corrected chi connectivity index (χ2v) is 9.09. The summed E-state index contributed by atoms with van der Waals surface area (Å²) >= 11 is 0. The predicted octanol–water partition coefficient (Wildman–Crippen LogP) is 3.36. The molecule has 3 aliphatic rings. The van der Waals surface area contributed by atoms with Gasteiger partial charge >= 0.3 is 0 Å². The molecule has 2 fully saturated rings. The van der Waals surface area contributed by atoms with Gasteiger partial charge in [-0.05, 0) is 73.1 Å². The lowest BCUT2D eigenvalue weighted by molar-refractivity contribution is -0.129. The molecule has 4 rings (SSSR count). The van der Waals surface area contributed by atoms with Gasteiger partial charge in [-0.3, -0.25) is 9.35 Å². The number of carbonyl (C=O) groups is 1. The largest absolute Gasteiger partial charge is 0.299 e. The summed E-state index contributed by atoms with van der Waals surface area (Å²) in [5.41, 5.74) is 2.15. The molecule has 2 saturated carbocycles. The van der Waals surface area contributed by atoms with Gasteiger partial charge in [0.15, 0.2) is 0 Å². The number of benzene rings is 1. The van der Waals surface area contributed by atoms with E-state index in [4.69, 9.17) is 0 Å². The van der Waals surface area contributed by atoms with Crippen molar-refractivity contribution in [2.45, 2.75) is 56.3 Å². The average Bonchev–Trinajstić information content (AvgIpc) is 2.81. The maximum Gasteiger partial charge on any atom is 0.294 e. The van der Waals surface area contributed by atoms with E-state index >= 15 is 0 Å². The molecule has 4 nitrogen and oxygen atoms in total. The normalized spacial score (nSPS) is 36.3. The first-order chi connectivity index (χ1) is 10.8. The van der Waals surface area contributed by atoms with E-state index in [0.717, 1.165) is 44.1 Å². The van der Waals surface area contributed by atoms with Gasteiger partial charge in [-0.15, -0.1) is 0 Å². The van der Waals surface area contributed by atoms with Crippen LogP contribution in [0.5, 0.6) is 0 Å². The van der Waals surface area contributed by atoms with Crippen molar-refractivity contribution in [2.24, 2.45) is 17.3 Å². The highest BCUT2D eigenvalue weighted by atomic mass is 32.2. The van der Waals surface area contributed by atoms with Crippen LogP contribution in [0.2, 0.25) is 0 Å². The van der Waals surface area contributed by atoms with E-state index in [2.05, 4.69) is 6.92 Å². The highest BCUT2D eigenvalue weighted by Crippen LogP contribution is 2.59. The van der Waals surface area contributed by atoms with Crippen molar-refractivity contribution in [2.75, 3.05) is 0 Å². The van der Waals surface area contributed by atoms with Gasteiger partial charge in [0.2, 0.25) is 0 Å². The number of rotatable bonds is 1. The Morgan fingerprint density at radius 1 is 1.17 bits per heavy atom. The van der Waals surface area contributed by atoms with Crippen LogP contribution in [0.25, 0.3) is 0 Å². The summed E-state index contributed by atoms with van der Waals surface area (Å²) in [6.45, 7) is 2.15. The Hall–Kier alpha value is -1.20. The van der Waals surface area contributed by atoms with Crippen LogP contribution in [0, 0.1) is 17.3 Å². The summed E-state index contributed by atoms with van der Waals surface area (Å²) in [6, 6.07) is 5.04. The quantitative estimate of drug-likeness (QED) is 0.799. The molecule has 1 aromatic carbocycles. The Morgan fingerprint density at radius 3 is 2.70 bits per heavy atom. The topological polar surface area (TPSA) is 71.4 Å². The first kappa shape index (κ1) is 15.3. The van der Waals surface area contributed by atoms with Crippen LogP contribution in [0.4, 0.5) is 0 Å². The third kappa shape index (κ3) is 2.20. The third-order valence-electron chi connectivity index (χ3n) is 6.70. The minimum absolute atomic E-state index is 0.00797. The van der Waals surface area contributed by atoms with Crippen LogP contribution in [-0.4, -0.2) is 18.8 Å². The smallest absolute Gasteiger partial charge is 0.294 e. The molecule has 0 aromatic heterocycles. The SMILES string of the molecule is C[C@]12CCC3c4ccc(S(=O)(=O)O)cc4CCC3C1CCC2=O. The standard InChI is InChI=1S/C18H22O4S/c1-18-9-8-14-13-5-3-12(23(20,21)22)10-11(13)2-4-15(14)16(18)6-7-17(18)19/h3,5,10,14-16H,2,4,6-9H2,1H3,(H,20,21,22)/t14?,15?,16?,18-/m0/s1. The maximum atomic E-state index is 12.3. The highest BCUT2D eigenvalue weighted by Gasteiger charge is 2.54. The average molecular weight is 334 g/mol. The molecule has 0 radical (unpaired) electrons. The molecule has 1 N–H and O–H groups in total. The number of carbonyl (C=O) groups excluding carboxylic acids is 1. The van der Waals surface area contributed by atoms with Gasteiger partial charge < -0.3 is 0 Å². The first-order valence-electron chi connectivity index (χ1n) is 8.44. The van der Waals surface area contributed by atoms with E-state index in [-0.39, 0.29) is 10.3 Å². The van der Waals surface area contributed by atoms with Crippen LogP contribution in [0.15, 0.2) is 23.1 Å². The monoisotopic (exact) mass is 334 g/mol. The van der Waals surface area contributed by atoms with Crippen LogP contribution in [0.1, 0.15) is 56.1 Å². The molecule has 0 spiro atoms. The summed E-state index contributed by atoms with van der Waals surface area (Å²) in [5.74, 6) is 1.87. The molecule has 0 saturated heterocycles. The lowest BCUT2D eigenvalue weighted by Crippen LogP contribution is -2.42. The molecule has 0 heterocycles. The van der Waals surface area contributed by atoms with Gasteiger partial charge in [-0.25, -0.2) is 0 Å². The van der Waals surface area contributed by atoms with Crippen molar-refractivity contribution in [3.8, 4) is 0 Å². The molecule has 5 heteroatoms. The Labute approximate surface area is 137 Å². The Kier molecular flexibility index (Phi) is 3.27.